The molecule has 2 aromatic carbocycles. The van der Waals surface area contributed by atoms with Crippen molar-refractivity contribution in [1.29, 1.82) is 0 Å². The summed E-state index contributed by atoms with van der Waals surface area (Å²) in [4.78, 5) is 17.1. The van der Waals surface area contributed by atoms with Crippen molar-refractivity contribution < 1.29 is 21.6 Å². The number of sulfone groups is 1. The molecule has 8 nitrogen and oxygen atoms in total. The standard InChI is InChI=1S/C20H16ClN3O5S3/c21-14-7-9-16(10-8-14)32(28,29)24-18-6-2-1-5-17(18)23-20(24)31(26,27)13-19(25)22-12-15-4-3-11-30-15/h1-11H,12-13H2,(H,22,25). The highest BCUT2D eigenvalue weighted by atomic mass is 35.5. The first-order valence-electron chi connectivity index (χ1n) is 9.19. The number of carbonyl (C=O) groups is 1. The van der Waals surface area contributed by atoms with Crippen LogP contribution in [-0.4, -0.2) is 37.5 Å². The van der Waals surface area contributed by atoms with Gasteiger partial charge in [-0.1, -0.05) is 29.8 Å². The van der Waals surface area contributed by atoms with Crippen molar-refractivity contribution in [3.63, 3.8) is 0 Å². The summed E-state index contributed by atoms with van der Waals surface area (Å²) in [5, 5.41) is 3.97. The lowest BCUT2D eigenvalue weighted by Crippen LogP contribution is -2.31. The third-order valence-corrected chi connectivity index (χ3v) is 8.92. The van der Waals surface area contributed by atoms with Gasteiger partial charge in [0.25, 0.3) is 10.0 Å². The molecule has 0 radical (unpaired) electrons. The number of nitrogens with zero attached hydrogens (tertiary/aromatic N) is 2. The van der Waals surface area contributed by atoms with Gasteiger partial charge in [0.2, 0.25) is 20.9 Å². The Balaban J connectivity index is 1.75. The Morgan fingerprint density at radius 3 is 2.41 bits per heavy atom. The van der Waals surface area contributed by atoms with Crippen molar-refractivity contribution in [3.05, 3.63) is 75.9 Å². The van der Waals surface area contributed by atoms with Gasteiger partial charge in [-0.3, -0.25) is 4.79 Å². The molecule has 12 heteroatoms. The van der Waals surface area contributed by atoms with Gasteiger partial charge in [-0.15, -0.1) is 11.3 Å². The number of carbonyl (C=O) groups excluding carboxylic acids is 1. The van der Waals surface area contributed by atoms with E-state index in [9.17, 15) is 21.6 Å². The minimum Gasteiger partial charge on any atom is -0.350 e. The average molecular weight is 510 g/mol. The first-order chi connectivity index (χ1) is 15.2. The molecular formula is C20H16ClN3O5S3. The molecule has 166 valence electrons. The minimum absolute atomic E-state index is 0.0834. The van der Waals surface area contributed by atoms with Crippen LogP contribution in [0.3, 0.4) is 0 Å². The summed E-state index contributed by atoms with van der Waals surface area (Å²) in [6.45, 7) is 0.172. The monoisotopic (exact) mass is 509 g/mol. The molecule has 1 amide bonds. The molecule has 0 aliphatic rings. The van der Waals surface area contributed by atoms with Crippen LogP contribution in [0.25, 0.3) is 11.0 Å². The van der Waals surface area contributed by atoms with Crippen molar-refractivity contribution in [1.82, 2.24) is 14.3 Å². The molecule has 0 spiro atoms. The maximum absolute atomic E-state index is 13.4. The van der Waals surface area contributed by atoms with E-state index < -0.39 is 36.7 Å². The number of halogens is 1. The molecular weight excluding hydrogens is 494 g/mol. The summed E-state index contributed by atoms with van der Waals surface area (Å²) in [6, 6.07) is 15.1. The summed E-state index contributed by atoms with van der Waals surface area (Å²) < 4.78 is 53.6. The summed E-state index contributed by atoms with van der Waals surface area (Å²) in [5.74, 6) is -1.71. The lowest BCUT2D eigenvalue weighted by molar-refractivity contribution is -0.118. The molecule has 2 heterocycles. The Morgan fingerprint density at radius 1 is 1.00 bits per heavy atom. The minimum atomic E-state index is -4.40. The van der Waals surface area contributed by atoms with Gasteiger partial charge in [0.1, 0.15) is 5.75 Å². The number of nitrogens with one attached hydrogen (secondary N) is 1. The summed E-state index contributed by atoms with van der Waals surface area (Å²) >= 11 is 7.27. The number of aromatic nitrogens is 2. The zero-order valence-corrected chi connectivity index (χ0v) is 19.5. The zero-order chi connectivity index (χ0) is 22.9. The van der Waals surface area contributed by atoms with Crippen molar-refractivity contribution >= 4 is 59.7 Å². The molecule has 4 rings (SSSR count). The Hall–Kier alpha value is -2.73. The highest BCUT2D eigenvalue weighted by Crippen LogP contribution is 2.27. The highest BCUT2D eigenvalue weighted by Gasteiger charge is 2.33. The third-order valence-electron chi connectivity index (χ3n) is 4.48. The summed E-state index contributed by atoms with van der Waals surface area (Å²) in [5.41, 5.74) is 0.252. The maximum atomic E-state index is 13.4. The van der Waals surface area contributed by atoms with Gasteiger partial charge in [0, 0.05) is 9.90 Å². The molecule has 0 bridgehead atoms. The molecule has 0 fully saturated rings. The molecule has 0 aliphatic carbocycles. The Kier molecular flexibility index (Phi) is 6.08. The number of rotatable bonds is 7. The van der Waals surface area contributed by atoms with Gasteiger partial charge in [-0.2, -0.15) is 0 Å². The second-order valence-corrected chi connectivity index (χ2v) is 11.9. The fourth-order valence-corrected chi connectivity index (χ4v) is 6.93. The van der Waals surface area contributed by atoms with Gasteiger partial charge >= 0.3 is 0 Å². The van der Waals surface area contributed by atoms with Gasteiger partial charge < -0.3 is 5.32 Å². The predicted octanol–water partition coefficient (Wildman–Crippen LogP) is 3.08. The second-order valence-electron chi connectivity index (χ2n) is 6.72. The summed E-state index contributed by atoms with van der Waals surface area (Å²) in [6.07, 6.45) is 0. The topological polar surface area (TPSA) is 115 Å². The Bertz CT molecular complexity index is 1490. The van der Waals surface area contributed by atoms with Gasteiger partial charge in [0.05, 0.1) is 22.5 Å². The van der Waals surface area contributed by atoms with E-state index in [0.717, 1.165) is 4.88 Å². The molecule has 0 saturated heterocycles. The van der Waals surface area contributed by atoms with Crippen LogP contribution in [0.5, 0.6) is 0 Å². The van der Waals surface area contributed by atoms with Crippen LogP contribution in [0.2, 0.25) is 5.02 Å². The Labute approximate surface area is 193 Å². The fraction of sp³-hybridized carbons (Fsp3) is 0.100. The predicted molar refractivity (Wildman–Crippen MR) is 122 cm³/mol. The zero-order valence-electron chi connectivity index (χ0n) is 16.3. The Morgan fingerprint density at radius 2 is 1.72 bits per heavy atom. The number of benzene rings is 2. The van der Waals surface area contributed by atoms with Crippen molar-refractivity contribution in [3.8, 4) is 0 Å². The third kappa shape index (κ3) is 4.42. The van der Waals surface area contributed by atoms with Gasteiger partial charge in [-0.05, 0) is 47.8 Å². The van der Waals surface area contributed by atoms with Crippen LogP contribution >= 0.6 is 22.9 Å². The van der Waals surface area contributed by atoms with Crippen LogP contribution < -0.4 is 5.32 Å². The average Bonchev–Trinajstić information content (AvgIpc) is 3.40. The lowest BCUT2D eigenvalue weighted by Gasteiger charge is -2.11. The normalized spacial score (nSPS) is 12.2. The molecule has 0 saturated carbocycles. The van der Waals surface area contributed by atoms with E-state index in [4.69, 9.17) is 11.6 Å². The molecule has 0 aliphatic heterocycles. The van der Waals surface area contributed by atoms with Crippen LogP contribution in [0.15, 0.2) is 76.1 Å². The SMILES string of the molecule is O=C(CS(=O)(=O)c1nc2ccccc2n1S(=O)(=O)c1ccc(Cl)cc1)NCc1cccs1. The maximum Gasteiger partial charge on any atom is 0.270 e. The molecule has 0 unspecified atom stereocenters. The van der Waals surface area contributed by atoms with E-state index in [-0.39, 0.29) is 22.5 Å². The fourth-order valence-electron chi connectivity index (χ4n) is 3.01. The second kappa shape index (κ2) is 8.66. The van der Waals surface area contributed by atoms with Gasteiger partial charge in [0.15, 0.2) is 0 Å². The van der Waals surface area contributed by atoms with E-state index in [1.165, 1.54) is 47.7 Å². The first kappa shape index (κ1) is 22.5. The molecule has 2 aromatic heterocycles. The largest absolute Gasteiger partial charge is 0.350 e. The lowest BCUT2D eigenvalue weighted by atomic mass is 10.3. The molecule has 0 atom stereocenters. The van der Waals surface area contributed by atoms with Crippen LogP contribution in [0.1, 0.15) is 4.88 Å². The molecule has 1 N–H and O–H groups in total. The van der Waals surface area contributed by atoms with E-state index in [1.54, 1.807) is 18.2 Å². The number of thiophene rings is 1. The van der Waals surface area contributed by atoms with Crippen molar-refractivity contribution in [2.45, 2.75) is 16.6 Å². The van der Waals surface area contributed by atoms with E-state index >= 15 is 0 Å². The molecule has 32 heavy (non-hydrogen) atoms. The van der Waals surface area contributed by atoms with E-state index in [0.29, 0.717) is 9.00 Å². The number of hydrogen-bond donors (Lipinski definition) is 1. The van der Waals surface area contributed by atoms with Crippen LogP contribution in [0, 0.1) is 0 Å². The van der Waals surface area contributed by atoms with E-state index in [1.807, 2.05) is 11.4 Å². The quantitative estimate of drug-likeness (QED) is 0.409. The van der Waals surface area contributed by atoms with Crippen LogP contribution in [0.4, 0.5) is 0 Å². The number of amides is 1. The van der Waals surface area contributed by atoms with Crippen molar-refractivity contribution in [2.24, 2.45) is 0 Å². The van der Waals surface area contributed by atoms with Crippen molar-refractivity contribution in [2.75, 3.05) is 5.75 Å². The number of hydrogen-bond acceptors (Lipinski definition) is 7. The van der Waals surface area contributed by atoms with Gasteiger partial charge in [-0.25, -0.2) is 25.8 Å². The number of para-hydroxylation sites is 2. The van der Waals surface area contributed by atoms with E-state index in [2.05, 4.69) is 10.3 Å². The van der Waals surface area contributed by atoms with Crippen LogP contribution in [-0.2, 0) is 31.2 Å². The number of fused-ring (bicyclic) bond motifs is 1. The first-order valence-corrected chi connectivity index (χ1v) is 13.5. The molecule has 4 aromatic rings. The number of imidazole rings is 1. The highest BCUT2D eigenvalue weighted by molar-refractivity contribution is 7.94. The summed E-state index contributed by atoms with van der Waals surface area (Å²) in [7, 11) is -8.75. The smallest absolute Gasteiger partial charge is 0.270 e.